The Bertz CT molecular complexity index is 1120. The summed E-state index contributed by atoms with van der Waals surface area (Å²) in [4.78, 5) is 7.93. The highest BCUT2D eigenvalue weighted by Crippen LogP contribution is 2.45. The number of thiophene rings is 1. The molecule has 0 radical (unpaired) electrons. The lowest BCUT2D eigenvalue weighted by molar-refractivity contribution is -0.00000531. The summed E-state index contributed by atoms with van der Waals surface area (Å²) in [5.74, 6) is 0.596. The van der Waals surface area contributed by atoms with Gasteiger partial charge in [0.05, 0.1) is 5.69 Å². The molecule has 0 spiro atoms. The molecule has 2 heterocycles. The van der Waals surface area contributed by atoms with Gasteiger partial charge in [0.15, 0.2) is 0 Å². The third-order valence-corrected chi connectivity index (χ3v) is 7.03. The first-order valence-electron chi connectivity index (χ1n) is 10.0. The van der Waals surface area contributed by atoms with Crippen molar-refractivity contribution < 1.29 is 12.4 Å². The maximum absolute atomic E-state index is 6.30. The fourth-order valence-electron chi connectivity index (χ4n) is 4.42. The molecular weight excluding hydrogens is 417 g/mol. The highest BCUT2D eigenvalue weighted by atomic mass is 35.5. The number of hydrogen-bond acceptors (Lipinski definition) is 2. The van der Waals surface area contributed by atoms with E-state index in [1.54, 1.807) is 0 Å². The second-order valence-corrected chi connectivity index (χ2v) is 8.84. The molecule has 29 heavy (non-hydrogen) atoms. The van der Waals surface area contributed by atoms with E-state index in [4.69, 9.17) is 16.6 Å². The zero-order valence-electron chi connectivity index (χ0n) is 16.1. The molecule has 2 aromatic carbocycles. The second-order valence-electron chi connectivity index (χ2n) is 7.38. The topological polar surface area (TPSA) is 12.9 Å². The van der Waals surface area contributed by atoms with Crippen LogP contribution < -0.4 is 12.4 Å². The Kier molecular flexibility index (Phi) is 6.24. The van der Waals surface area contributed by atoms with Crippen LogP contribution >= 0.6 is 22.9 Å². The minimum Gasteiger partial charge on any atom is -1.00 e. The van der Waals surface area contributed by atoms with Gasteiger partial charge in [0.2, 0.25) is 0 Å². The van der Waals surface area contributed by atoms with Gasteiger partial charge in [-0.25, -0.2) is 4.98 Å². The third-order valence-electron chi connectivity index (χ3n) is 5.66. The number of aromatic nitrogens is 1. The van der Waals surface area contributed by atoms with Crippen molar-refractivity contribution >= 4 is 33.2 Å². The first kappa shape index (κ1) is 20.4. The minimum absolute atomic E-state index is 0. The molecule has 4 heteroatoms. The number of nitrogens with zero attached hydrogens (tertiary/aromatic N) is 1. The van der Waals surface area contributed by atoms with Crippen LogP contribution in [0, 0.1) is 0 Å². The Labute approximate surface area is 187 Å². The molecule has 2 aromatic heterocycles. The summed E-state index contributed by atoms with van der Waals surface area (Å²) in [6, 6.07) is 21.4. The summed E-state index contributed by atoms with van der Waals surface area (Å²) in [6.45, 7) is 0. The molecule has 1 nitrogen and oxygen atoms in total. The first-order chi connectivity index (χ1) is 13.9. The van der Waals surface area contributed by atoms with E-state index in [0.29, 0.717) is 5.88 Å². The van der Waals surface area contributed by atoms with Crippen molar-refractivity contribution in [3.05, 3.63) is 76.7 Å². The number of halogens is 2. The molecule has 0 fully saturated rings. The number of hydrogen-bond donors (Lipinski definition) is 0. The number of pyridine rings is 1. The highest BCUT2D eigenvalue weighted by molar-refractivity contribution is 7.19. The van der Waals surface area contributed by atoms with Crippen LogP contribution in [-0.2, 0) is 19.3 Å². The van der Waals surface area contributed by atoms with E-state index < -0.39 is 0 Å². The summed E-state index contributed by atoms with van der Waals surface area (Å²) >= 11 is 8.20. The maximum Gasteiger partial charge on any atom is 0.125 e. The number of rotatable bonds is 4. The van der Waals surface area contributed by atoms with Gasteiger partial charge in [-0.3, -0.25) is 0 Å². The molecule has 0 bridgehead atoms. The van der Waals surface area contributed by atoms with Crippen molar-refractivity contribution in [2.24, 2.45) is 0 Å². The zero-order valence-corrected chi connectivity index (χ0v) is 18.5. The maximum atomic E-state index is 6.30. The van der Waals surface area contributed by atoms with Crippen LogP contribution in [0.4, 0.5) is 0 Å². The summed E-state index contributed by atoms with van der Waals surface area (Å²) in [6.07, 6.45) is 5.75. The van der Waals surface area contributed by atoms with E-state index in [1.165, 1.54) is 68.6 Å². The smallest absolute Gasteiger partial charge is 0.125 e. The Morgan fingerprint density at radius 2 is 1.52 bits per heavy atom. The van der Waals surface area contributed by atoms with Gasteiger partial charge in [-0.05, 0) is 54.4 Å². The molecule has 0 saturated heterocycles. The molecule has 5 rings (SSSR count). The monoisotopic (exact) mass is 438 g/mol. The van der Waals surface area contributed by atoms with Crippen LogP contribution in [0.1, 0.15) is 28.8 Å². The predicted octanol–water partition coefficient (Wildman–Crippen LogP) is 4.29. The van der Waals surface area contributed by atoms with E-state index in [0.717, 1.165) is 12.1 Å². The van der Waals surface area contributed by atoms with Crippen molar-refractivity contribution in [1.29, 1.82) is 0 Å². The molecule has 0 unspecified atom stereocenters. The van der Waals surface area contributed by atoms with E-state index >= 15 is 0 Å². The summed E-state index contributed by atoms with van der Waals surface area (Å²) in [7, 11) is 0. The zero-order chi connectivity index (χ0) is 18.9. The van der Waals surface area contributed by atoms with E-state index in [2.05, 4.69) is 60.7 Å². The Hall–Kier alpha value is -1.87. The molecule has 1 aliphatic rings. The summed E-state index contributed by atoms with van der Waals surface area (Å²) in [5.41, 5.74) is 7.71. The molecule has 0 saturated carbocycles. The van der Waals surface area contributed by atoms with Crippen LogP contribution in [0.3, 0.4) is 0 Å². The van der Waals surface area contributed by atoms with Crippen molar-refractivity contribution in [3.63, 3.8) is 0 Å². The lowest BCUT2D eigenvalue weighted by Gasteiger charge is -2.18. The van der Waals surface area contributed by atoms with Gasteiger partial charge >= 0.3 is 0 Å². The van der Waals surface area contributed by atoms with Crippen molar-refractivity contribution in [2.45, 2.75) is 32.1 Å². The molecule has 0 N–H and O–H groups in total. The van der Waals surface area contributed by atoms with Crippen molar-refractivity contribution in [2.75, 3.05) is 5.88 Å². The average molecular weight is 439 g/mol. The molecule has 148 valence electrons. The lowest BCUT2D eigenvalue weighted by Crippen LogP contribution is -3.00. The summed E-state index contributed by atoms with van der Waals surface area (Å²) in [5, 5.41) is 1.38. The first-order valence-corrected chi connectivity index (χ1v) is 11.4. The Balaban J connectivity index is 0.00000205. The molecule has 0 aliphatic heterocycles. The Morgan fingerprint density at radius 3 is 2.21 bits per heavy atom. The van der Waals surface area contributed by atoms with Crippen molar-refractivity contribution in [3.8, 4) is 22.4 Å². The number of fused-ring (bicyclic) bond motifs is 3. The fourth-order valence-corrected chi connectivity index (χ4v) is 5.88. The number of aryl methyl sites for hydroxylation is 2. The number of benzene rings is 2. The van der Waals surface area contributed by atoms with Crippen LogP contribution in [0.2, 0.25) is 0 Å². The van der Waals surface area contributed by atoms with Crippen LogP contribution in [0.5, 0.6) is 0 Å². The van der Waals surface area contributed by atoms with Crippen LogP contribution in [0.25, 0.3) is 32.6 Å². The van der Waals surface area contributed by atoms with Gasteiger partial charge in [-0.15, -0.1) is 22.9 Å². The van der Waals surface area contributed by atoms with Crippen molar-refractivity contribution in [1.82, 2.24) is 4.98 Å². The number of alkyl halides is 1. The minimum atomic E-state index is 0. The summed E-state index contributed by atoms with van der Waals surface area (Å²) < 4.78 is 0. The molecular formula is C25H22Cl2NS-. The van der Waals surface area contributed by atoms with Gasteiger partial charge in [0, 0.05) is 21.7 Å². The van der Waals surface area contributed by atoms with Gasteiger partial charge in [0.25, 0.3) is 0 Å². The quantitative estimate of drug-likeness (QED) is 0.433. The lowest BCUT2D eigenvalue weighted by atomic mass is 9.88. The van der Waals surface area contributed by atoms with Gasteiger partial charge < -0.3 is 12.4 Å². The SMILES string of the molecule is ClCCc1c(-c2ccccc2)nc2sc3c(c2c1-c1ccccc1)CCCC3.[Cl-]. The normalized spacial score (nSPS) is 13.1. The van der Waals surface area contributed by atoms with Crippen LogP contribution in [0.15, 0.2) is 60.7 Å². The van der Waals surface area contributed by atoms with E-state index in [9.17, 15) is 0 Å². The van der Waals surface area contributed by atoms with Gasteiger partial charge in [-0.2, -0.15) is 0 Å². The van der Waals surface area contributed by atoms with Crippen LogP contribution in [-0.4, -0.2) is 10.9 Å². The highest BCUT2D eigenvalue weighted by Gasteiger charge is 2.24. The van der Waals surface area contributed by atoms with E-state index in [1.807, 2.05) is 11.3 Å². The largest absolute Gasteiger partial charge is 1.00 e. The predicted molar refractivity (Wildman–Crippen MR) is 122 cm³/mol. The molecule has 0 amide bonds. The third kappa shape index (κ3) is 3.70. The average Bonchev–Trinajstić information content (AvgIpc) is 3.13. The second kappa shape index (κ2) is 8.87. The van der Waals surface area contributed by atoms with Gasteiger partial charge in [-0.1, -0.05) is 60.7 Å². The Morgan fingerprint density at radius 1 is 0.862 bits per heavy atom. The fraction of sp³-hybridized carbons (Fsp3) is 0.240. The molecule has 0 atom stereocenters. The standard InChI is InChI=1S/C25H22ClNS.ClH/c26-16-15-20-22(17-9-3-1-4-10-17)23-19-13-7-8-14-21(19)28-25(23)27-24(20)18-11-5-2-6-12-18;/h1-6,9-12H,7-8,13-16H2;1H/p-1. The molecule has 4 aromatic rings. The molecule has 1 aliphatic carbocycles. The van der Waals surface area contributed by atoms with Gasteiger partial charge in [0.1, 0.15) is 4.83 Å². The van der Waals surface area contributed by atoms with E-state index in [-0.39, 0.29) is 12.4 Å².